The fraction of sp³-hybridized carbons (Fsp3) is 0.250. The summed E-state index contributed by atoms with van der Waals surface area (Å²) in [4.78, 5) is 19.0. The zero-order valence-corrected chi connectivity index (χ0v) is 18.8. The molecule has 1 aromatic heterocycles. The van der Waals surface area contributed by atoms with Gasteiger partial charge in [-0.3, -0.25) is 9.35 Å². The number of hydrogen-bond acceptors (Lipinski definition) is 5. The van der Waals surface area contributed by atoms with Gasteiger partial charge in [0.05, 0.1) is 11.3 Å². The Balaban J connectivity index is 1.60. The summed E-state index contributed by atoms with van der Waals surface area (Å²) in [5.74, 6) is -0.317. The molecular formula is C24H24FN3O4S. The average molecular weight is 470 g/mol. The minimum Gasteiger partial charge on any atom is -0.355 e. The van der Waals surface area contributed by atoms with Gasteiger partial charge >= 0.3 is 10.1 Å². The van der Waals surface area contributed by atoms with Gasteiger partial charge in [-0.2, -0.15) is 8.42 Å². The van der Waals surface area contributed by atoms with E-state index in [1.165, 1.54) is 25.3 Å². The first-order valence-corrected chi connectivity index (χ1v) is 12.0. The van der Waals surface area contributed by atoms with Gasteiger partial charge in [0.1, 0.15) is 5.82 Å². The molecule has 0 atom stereocenters. The van der Waals surface area contributed by atoms with Crippen LogP contribution in [0.2, 0.25) is 0 Å². The van der Waals surface area contributed by atoms with E-state index in [4.69, 9.17) is 0 Å². The zero-order chi connectivity index (χ0) is 23.6. The Bertz CT molecular complexity index is 1260. The number of para-hydroxylation sites is 1. The van der Waals surface area contributed by atoms with Crippen molar-refractivity contribution >= 4 is 27.4 Å². The van der Waals surface area contributed by atoms with Crippen LogP contribution in [-0.2, 0) is 10.1 Å². The van der Waals surface area contributed by atoms with E-state index in [1.54, 1.807) is 29.2 Å². The lowest BCUT2D eigenvalue weighted by Crippen LogP contribution is -2.38. The SMILES string of the molecule is Cc1c(S(=O)(=O)O)ncc(C(=O)N2CCC(c3ccc(F)cc3)CC2)c1Nc1ccccc1. The van der Waals surface area contributed by atoms with Crippen LogP contribution < -0.4 is 5.32 Å². The van der Waals surface area contributed by atoms with Crippen LogP contribution >= 0.6 is 0 Å². The molecule has 2 heterocycles. The molecule has 0 spiro atoms. The third kappa shape index (κ3) is 5.04. The molecule has 3 aromatic rings. The second-order valence-corrected chi connectivity index (χ2v) is 9.40. The topological polar surface area (TPSA) is 99.6 Å². The number of hydrogen-bond donors (Lipinski definition) is 2. The molecule has 7 nitrogen and oxygen atoms in total. The van der Waals surface area contributed by atoms with Gasteiger partial charge in [0.2, 0.25) is 0 Å². The minimum absolute atomic E-state index is 0.161. The standard InChI is InChI=1S/C24H24FN3O4S/c1-16-22(27-20-5-3-2-4-6-20)21(15-26-23(16)33(30,31)32)24(29)28-13-11-18(12-14-28)17-7-9-19(25)10-8-17/h2-10,15,18H,11-14H2,1H3,(H,26,27)(H,30,31,32). The van der Waals surface area contributed by atoms with Gasteiger partial charge in [-0.1, -0.05) is 30.3 Å². The van der Waals surface area contributed by atoms with Crippen molar-refractivity contribution in [2.24, 2.45) is 0 Å². The smallest absolute Gasteiger partial charge is 0.312 e. The fourth-order valence-corrected chi connectivity index (χ4v) is 4.84. The van der Waals surface area contributed by atoms with E-state index in [-0.39, 0.29) is 34.5 Å². The molecule has 0 bridgehead atoms. The molecule has 1 aliphatic heterocycles. The molecule has 0 saturated carbocycles. The van der Waals surface area contributed by atoms with Crippen molar-refractivity contribution < 1.29 is 22.2 Å². The molecule has 9 heteroatoms. The van der Waals surface area contributed by atoms with Crippen LogP contribution in [0.15, 0.2) is 65.8 Å². The van der Waals surface area contributed by atoms with Gasteiger partial charge in [0.15, 0.2) is 5.03 Å². The van der Waals surface area contributed by atoms with Crippen molar-refractivity contribution in [3.63, 3.8) is 0 Å². The molecule has 0 unspecified atom stereocenters. The monoisotopic (exact) mass is 469 g/mol. The Morgan fingerprint density at radius 3 is 2.33 bits per heavy atom. The van der Waals surface area contributed by atoms with E-state index < -0.39 is 15.1 Å². The Kier molecular flexibility index (Phi) is 6.44. The number of piperidine rings is 1. The first kappa shape index (κ1) is 22.9. The van der Waals surface area contributed by atoms with E-state index in [0.717, 1.165) is 18.4 Å². The third-order valence-corrected chi connectivity index (χ3v) is 6.82. The molecule has 33 heavy (non-hydrogen) atoms. The summed E-state index contributed by atoms with van der Waals surface area (Å²) >= 11 is 0. The molecule has 0 aliphatic carbocycles. The van der Waals surface area contributed by atoms with E-state index in [1.807, 2.05) is 18.2 Å². The van der Waals surface area contributed by atoms with Crippen LogP contribution in [-0.4, -0.2) is 41.9 Å². The number of anilines is 2. The molecule has 0 radical (unpaired) electrons. The highest BCUT2D eigenvalue weighted by Gasteiger charge is 2.29. The summed E-state index contributed by atoms with van der Waals surface area (Å²) in [6.45, 7) is 2.51. The Morgan fingerprint density at radius 1 is 1.09 bits per heavy atom. The number of nitrogens with one attached hydrogen (secondary N) is 1. The Morgan fingerprint density at radius 2 is 1.73 bits per heavy atom. The number of carbonyl (C=O) groups is 1. The van der Waals surface area contributed by atoms with Crippen LogP contribution in [0, 0.1) is 12.7 Å². The van der Waals surface area contributed by atoms with E-state index >= 15 is 0 Å². The highest BCUT2D eigenvalue weighted by Crippen LogP contribution is 2.32. The number of halogens is 1. The second kappa shape index (κ2) is 9.29. The largest absolute Gasteiger partial charge is 0.355 e. The van der Waals surface area contributed by atoms with Crippen LogP contribution in [0.1, 0.15) is 40.2 Å². The van der Waals surface area contributed by atoms with Crippen LogP contribution in [0.3, 0.4) is 0 Å². The van der Waals surface area contributed by atoms with Crippen molar-refractivity contribution in [2.75, 3.05) is 18.4 Å². The quantitative estimate of drug-likeness (QED) is 0.532. The van der Waals surface area contributed by atoms with Gasteiger partial charge in [-0.15, -0.1) is 0 Å². The second-order valence-electron chi connectivity index (χ2n) is 8.06. The highest BCUT2D eigenvalue weighted by molar-refractivity contribution is 7.85. The van der Waals surface area contributed by atoms with Gasteiger partial charge < -0.3 is 10.2 Å². The molecule has 1 fully saturated rings. The van der Waals surface area contributed by atoms with Crippen LogP contribution in [0.25, 0.3) is 0 Å². The lowest BCUT2D eigenvalue weighted by Gasteiger charge is -2.33. The maximum Gasteiger partial charge on any atom is 0.312 e. The summed E-state index contributed by atoms with van der Waals surface area (Å²) in [5.41, 5.74) is 2.38. The lowest BCUT2D eigenvalue weighted by molar-refractivity contribution is 0.0713. The summed E-state index contributed by atoms with van der Waals surface area (Å²) in [5, 5.41) is 2.62. The van der Waals surface area contributed by atoms with Crippen LogP contribution in [0.5, 0.6) is 0 Å². The zero-order valence-electron chi connectivity index (χ0n) is 18.0. The third-order valence-electron chi connectivity index (χ3n) is 5.92. The molecule has 2 aromatic carbocycles. The molecule has 172 valence electrons. The molecular weight excluding hydrogens is 445 g/mol. The fourth-order valence-electron chi connectivity index (χ4n) is 4.16. The molecule has 1 amide bonds. The first-order valence-electron chi connectivity index (χ1n) is 10.6. The molecule has 4 rings (SSSR count). The van der Waals surface area contributed by atoms with Crippen molar-refractivity contribution in [3.8, 4) is 0 Å². The first-order chi connectivity index (χ1) is 15.7. The number of amides is 1. The molecule has 1 aliphatic rings. The van der Waals surface area contributed by atoms with Gasteiger partial charge in [-0.25, -0.2) is 9.37 Å². The maximum absolute atomic E-state index is 13.4. The summed E-state index contributed by atoms with van der Waals surface area (Å²) < 4.78 is 46.3. The summed E-state index contributed by atoms with van der Waals surface area (Å²) in [6, 6.07) is 15.5. The number of pyridine rings is 1. The number of likely N-dealkylation sites (tertiary alicyclic amines) is 1. The number of carbonyl (C=O) groups excluding carboxylic acids is 1. The Hall–Kier alpha value is -3.30. The predicted molar refractivity (Wildman–Crippen MR) is 123 cm³/mol. The number of nitrogens with zero attached hydrogens (tertiary/aromatic N) is 2. The lowest BCUT2D eigenvalue weighted by atomic mass is 9.89. The van der Waals surface area contributed by atoms with Gasteiger partial charge in [-0.05, 0) is 55.5 Å². The molecule has 2 N–H and O–H groups in total. The van der Waals surface area contributed by atoms with E-state index in [2.05, 4.69) is 10.3 Å². The van der Waals surface area contributed by atoms with Crippen molar-refractivity contribution in [3.05, 3.63) is 83.3 Å². The minimum atomic E-state index is -4.56. The van der Waals surface area contributed by atoms with Gasteiger partial charge in [0.25, 0.3) is 5.91 Å². The summed E-state index contributed by atoms with van der Waals surface area (Å²) in [6.07, 6.45) is 2.65. The van der Waals surface area contributed by atoms with E-state index in [0.29, 0.717) is 18.8 Å². The van der Waals surface area contributed by atoms with Crippen LogP contribution in [0.4, 0.5) is 15.8 Å². The van der Waals surface area contributed by atoms with Gasteiger partial charge in [0, 0.05) is 30.5 Å². The van der Waals surface area contributed by atoms with Crippen molar-refractivity contribution in [1.82, 2.24) is 9.88 Å². The molecule has 1 saturated heterocycles. The maximum atomic E-state index is 13.4. The predicted octanol–water partition coefficient (Wildman–Crippen LogP) is 4.54. The highest BCUT2D eigenvalue weighted by atomic mass is 32.2. The van der Waals surface area contributed by atoms with E-state index in [9.17, 15) is 22.2 Å². The Labute approximate surface area is 192 Å². The van der Waals surface area contributed by atoms with Crippen molar-refractivity contribution in [1.29, 1.82) is 0 Å². The summed E-state index contributed by atoms with van der Waals surface area (Å²) in [7, 11) is -4.56. The van der Waals surface area contributed by atoms with Crippen molar-refractivity contribution in [2.45, 2.75) is 30.7 Å². The number of aromatic nitrogens is 1. The number of benzene rings is 2. The normalized spacial score (nSPS) is 14.8. The number of rotatable bonds is 5. The average Bonchev–Trinajstić information content (AvgIpc) is 2.80.